The Morgan fingerprint density at radius 1 is 0.875 bits per heavy atom. The lowest BCUT2D eigenvalue weighted by molar-refractivity contribution is -0.448. The first-order valence-corrected chi connectivity index (χ1v) is 13.6. The van der Waals surface area contributed by atoms with Crippen LogP contribution in [0, 0.1) is 5.41 Å². The number of hydrogen-bond donors (Lipinski definition) is 3. The van der Waals surface area contributed by atoms with Crippen LogP contribution in [-0.2, 0) is 17.6 Å². The molecule has 2 aliphatic heterocycles. The fourth-order valence-corrected chi connectivity index (χ4v) is 5.51. The largest absolute Gasteiger partial charge is 1.00 e. The van der Waals surface area contributed by atoms with Crippen LogP contribution in [0.3, 0.4) is 0 Å². The van der Waals surface area contributed by atoms with Crippen LogP contribution in [0.15, 0.2) is 70.2 Å². The number of aliphatic imine (C=N–C) groups is 2. The van der Waals surface area contributed by atoms with Crippen molar-refractivity contribution in [2.24, 2.45) is 15.4 Å². The number of ether oxygens (including phenoxy) is 1. The van der Waals surface area contributed by atoms with E-state index in [1.807, 2.05) is 68.3 Å². The van der Waals surface area contributed by atoms with Crippen LogP contribution < -0.4 is 40.2 Å². The van der Waals surface area contributed by atoms with Crippen LogP contribution in [-0.4, -0.2) is 23.8 Å². The van der Waals surface area contributed by atoms with E-state index in [0.717, 1.165) is 43.5 Å². The lowest BCUT2D eigenvalue weighted by atomic mass is 9.96. The summed E-state index contributed by atoms with van der Waals surface area (Å²) >= 11 is 0. The molecule has 2 atom stereocenters. The molecule has 214 valence electrons. The number of esters is 1. The summed E-state index contributed by atoms with van der Waals surface area (Å²) in [5.41, 5.74) is 7.17. The van der Waals surface area contributed by atoms with Crippen molar-refractivity contribution in [3.63, 3.8) is 0 Å². The monoisotopic (exact) mass is 584 g/mol. The van der Waals surface area contributed by atoms with Gasteiger partial charge in [0.15, 0.2) is 12.7 Å². The molecule has 0 spiro atoms. The summed E-state index contributed by atoms with van der Waals surface area (Å²) in [6.45, 7) is 5.60. The van der Waals surface area contributed by atoms with E-state index in [-0.39, 0.29) is 30.8 Å². The molecule has 6 rings (SSSR count). The molecule has 2 heterocycles. The number of hydrogen-bond acceptors (Lipinski definition) is 5. The number of quaternary nitrogens is 2. The highest BCUT2D eigenvalue weighted by atomic mass is 35.5. The normalized spacial score (nSPS) is 19.9. The zero-order valence-corrected chi connectivity index (χ0v) is 24.8. The molecule has 0 bridgehead atoms. The van der Waals surface area contributed by atoms with E-state index in [9.17, 15) is 9.90 Å². The number of aromatic hydroxyl groups is 1. The third kappa shape index (κ3) is 7.61. The standard InChI is InChI=1S/C18H22N2O2.C13H14N2O.2ClH/c1-18(2,3)17(21)22-15-7-6-12-4-5-13(16(12)9-15)8-14-10-19-11-20-14;16-12-4-3-9-1-2-10(13(9)6-12)5-11-7-14-8-15-11;;/h6-7,9-11,13H,4-5,8H2,1-3H3,(H,19,20);3-4,6-8,10,16H,1-2,5H2,(H,14,15);2*1H. The Morgan fingerprint density at radius 3 is 1.90 bits per heavy atom. The molecule has 7 nitrogen and oxygen atoms in total. The molecule has 0 radical (unpaired) electrons. The molecule has 0 amide bonds. The van der Waals surface area contributed by atoms with Crippen LogP contribution in [0.1, 0.15) is 80.5 Å². The number of phenolic OH excluding ortho intramolecular Hbond substituents is 1. The van der Waals surface area contributed by atoms with Gasteiger partial charge >= 0.3 is 5.97 Å². The van der Waals surface area contributed by atoms with E-state index in [0.29, 0.717) is 23.3 Å². The van der Waals surface area contributed by atoms with Gasteiger partial charge in [-0.1, -0.05) is 12.1 Å². The molecular formula is C31H38Cl2N4O3. The Labute approximate surface area is 248 Å². The maximum atomic E-state index is 12.0. The lowest BCUT2D eigenvalue weighted by Crippen LogP contribution is -3.00. The van der Waals surface area contributed by atoms with Crippen LogP contribution in [0.25, 0.3) is 0 Å². The Kier molecular flexibility index (Phi) is 10.7. The van der Waals surface area contributed by atoms with Crippen molar-refractivity contribution in [1.82, 2.24) is 0 Å². The SMILES string of the molecule is CC(C)(C)C(=O)Oc1ccc2c(c1)C(CC1=C[NH2+]C=N1)CC2.Oc1ccc2c(c1)C(CC1=C[NH2+]C=N1)CC2.[Cl-].[Cl-]. The third-order valence-electron chi connectivity index (χ3n) is 7.61. The molecule has 40 heavy (non-hydrogen) atoms. The Bertz CT molecular complexity index is 1340. The molecule has 0 fully saturated rings. The average Bonchev–Trinajstić information content (AvgIpc) is 3.69. The second-order valence-corrected chi connectivity index (χ2v) is 11.5. The van der Waals surface area contributed by atoms with Crippen molar-refractivity contribution in [2.75, 3.05) is 0 Å². The van der Waals surface area contributed by atoms with Crippen molar-refractivity contribution < 1.29 is 50.1 Å². The van der Waals surface area contributed by atoms with Gasteiger partial charge in [-0.25, -0.2) is 9.98 Å². The third-order valence-corrected chi connectivity index (χ3v) is 7.61. The molecule has 2 aromatic rings. The van der Waals surface area contributed by atoms with E-state index in [1.54, 1.807) is 6.07 Å². The first-order valence-electron chi connectivity index (χ1n) is 13.6. The minimum Gasteiger partial charge on any atom is -1.00 e. The molecule has 2 aliphatic carbocycles. The van der Waals surface area contributed by atoms with Crippen molar-refractivity contribution in [2.45, 2.75) is 71.1 Å². The highest BCUT2D eigenvalue weighted by Gasteiger charge is 2.28. The number of allylic oxidation sites excluding steroid dienone is 2. The lowest BCUT2D eigenvalue weighted by Gasteiger charge is -2.17. The Hall–Kier alpha value is -2.97. The molecule has 9 heteroatoms. The Balaban J connectivity index is 0.000000219. The van der Waals surface area contributed by atoms with Crippen LogP contribution in [0.2, 0.25) is 0 Å². The molecule has 4 aliphatic rings. The summed E-state index contributed by atoms with van der Waals surface area (Å²) in [4.78, 5) is 20.7. The summed E-state index contributed by atoms with van der Waals surface area (Å²) in [5.74, 6) is 1.83. The maximum Gasteiger partial charge on any atom is 0.316 e. The summed E-state index contributed by atoms with van der Waals surface area (Å²) in [6, 6.07) is 11.8. The zero-order chi connectivity index (χ0) is 26.7. The molecule has 5 N–H and O–H groups in total. The molecular weight excluding hydrogens is 547 g/mol. The number of halogens is 2. The van der Waals surface area contributed by atoms with E-state index in [4.69, 9.17) is 4.74 Å². The first kappa shape index (κ1) is 31.6. The van der Waals surface area contributed by atoms with Gasteiger partial charge in [-0.05, 0) is 105 Å². The first-order chi connectivity index (χ1) is 18.3. The fraction of sp³-hybridized carbons (Fsp3) is 0.387. The smallest absolute Gasteiger partial charge is 0.316 e. The quantitative estimate of drug-likeness (QED) is 0.274. The van der Waals surface area contributed by atoms with Gasteiger partial charge in [-0.3, -0.25) is 15.4 Å². The maximum absolute atomic E-state index is 12.0. The van der Waals surface area contributed by atoms with Gasteiger partial charge in [0, 0.05) is 12.8 Å². The summed E-state index contributed by atoms with van der Waals surface area (Å²) in [5, 5.41) is 13.5. The number of fused-ring (bicyclic) bond motifs is 2. The number of aryl methyl sites for hydroxylation is 2. The van der Waals surface area contributed by atoms with Gasteiger partial charge in [0.25, 0.3) is 0 Å². The topological polar surface area (TPSA) is 104 Å². The van der Waals surface area contributed by atoms with Crippen molar-refractivity contribution in [3.05, 3.63) is 82.4 Å². The predicted molar refractivity (Wildman–Crippen MR) is 148 cm³/mol. The second kappa shape index (κ2) is 13.6. The number of nitrogens with zero attached hydrogens (tertiary/aromatic N) is 2. The molecule has 0 aromatic heterocycles. The van der Waals surface area contributed by atoms with E-state index in [1.165, 1.54) is 28.7 Å². The minimum absolute atomic E-state index is 0. The number of benzene rings is 2. The number of rotatable bonds is 5. The number of phenols is 1. The predicted octanol–water partition coefficient (Wildman–Crippen LogP) is -2.23. The van der Waals surface area contributed by atoms with Crippen LogP contribution in [0.5, 0.6) is 11.5 Å². The minimum atomic E-state index is -0.488. The number of carbonyl (C=O) groups is 1. The van der Waals surface area contributed by atoms with Gasteiger partial charge in [0.1, 0.15) is 23.9 Å². The zero-order valence-electron chi connectivity index (χ0n) is 23.2. The van der Waals surface area contributed by atoms with Crippen molar-refractivity contribution >= 4 is 18.6 Å². The molecule has 0 saturated heterocycles. The molecule has 2 unspecified atom stereocenters. The summed E-state index contributed by atoms with van der Waals surface area (Å²) < 4.78 is 5.53. The summed E-state index contributed by atoms with van der Waals surface area (Å²) in [6.07, 6.45) is 14.3. The Morgan fingerprint density at radius 2 is 1.40 bits per heavy atom. The van der Waals surface area contributed by atoms with Crippen LogP contribution in [0.4, 0.5) is 0 Å². The second-order valence-electron chi connectivity index (χ2n) is 11.5. The fourth-order valence-electron chi connectivity index (χ4n) is 5.51. The van der Waals surface area contributed by atoms with Gasteiger partial charge in [0.05, 0.1) is 16.8 Å². The molecule has 2 aromatic carbocycles. The average molecular weight is 586 g/mol. The van der Waals surface area contributed by atoms with Gasteiger partial charge in [-0.2, -0.15) is 0 Å². The molecule has 0 saturated carbocycles. The van der Waals surface area contributed by atoms with Crippen molar-refractivity contribution in [3.8, 4) is 11.5 Å². The van der Waals surface area contributed by atoms with Crippen molar-refractivity contribution in [1.29, 1.82) is 0 Å². The highest BCUT2D eigenvalue weighted by molar-refractivity contribution is 5.78. The van der Waals surface area contributed by atoms with E-state index >= 15 is 0 Å². The van der Waals surface area contributed by atoms with Crippen LogP contribution >= 0.6 is 0 Å². The number of carbonyl (C=O) groups excluding carboxylic acids is 1. The summed E-state index contributed by atoms with van der Waals surface area (Å²) in [7, 11) is 0. The van der Waals surface area contributed by atoms with Gasteiger partial charge in [0.2, 0.25) is 0 Å². The van der Waals surface area contributed by atoms with E-state index < -0.39 is 5.41 Å². The number of nitrogens with two attached hydrogens (primary N) is 2. The van der Waals surface area contributed by atoms with Gasteiger partial charge < -0.3 is 34.7 Å². The van der Waals surface area contributed by atoms with E-state index in [2.05, 4.69) is 28.5 Å². The van der Waals surface area contributed by atoms with Gasteiger partial charge in [-0.15, -0.1) is 0 Å². The highest BCUT2D eigenvalue weighted by Crippen LogP contribution is 2.40.